The fraction of sp³-hybridized carbons (Fsp3) is 0.500. The van der Waals surface area contributed by atoms with Crippen molar-refractivity contribution in [3.63, 3.8) is 0 Å². The van der Waals surface area contributed by atoms with Gasteiger partial charge in [-0.15, -0.1) is 0 Å². The molecule has 2 fully saturated rings. The minimum Gasteiger partial charge on any atom is -0.341 e. The smallest absolute Gasteiger partial charge is 0.236 e. The lowest BCUT2D eigenvalue weighted by Gasteiger charge is -2.38. The highest BCUT2D eigenvalue weighted by molar-refractivity contribution is 5.95. The average Bonchev–Trinajstić information content (AvgIpc) is 2.84. The second-order valence-corrected chi connectivity index (χ2v) is 10.1. The summed E-state index contributed by atoms with van der Waals surface area (Å²) in [6.07, 6.45) is 1.68. The van der Waals surface area contributed by atoms with E-state index in [1.807, 2.05) is 42.5 Å². The molecule has 1 N–H and O–H groups in total. The monoisotopic (exact) mass is 462 g/mol. The van der Waals surface area contributed by atoms with Gasteiger partial charge < -0.3 is 15.1 Å². The van der Waals surface area contributed by atoms with Crippen molar-refractivity contribution in [2.75, 3.05) is 57.7 Å². The second-order valence-electron chi connectivity index (χ2n) is 10.1. The van der Waals surface area contributed by atoms with Gasteiger partial charge in [0, 0.05) is 63.5 Å². The largest absolute Gasteiger partial charge is 0.341 e. The molecule has 2 aromatic rings. The van der Waals surface area contributed by atoms with Gasteiger partial charge in [-0.1, -0.05) is 62.4 Å². The summed E-state index contributed by atoms with van der Waals surface area (Å²) >= 11 is 0. The number of piperazine rings is 1. The first-order valence-corrected chi connectivity index (χ1v) is 12.6. The van der Waals surface area contributed by atoms with Crippen molar-refractivity contribution < 1.29 is 9.59 Å². The van der Waals surface area contributed by atoms with Crippen LogP contribution in [-0.4, -0.2) is 78.9 Å². The number of carbonyl (C=O) groups excluding carboxylic acids is 2. The molecule has 0 aliphatic carbocycles. The SMILES string of the molecule is CC1CC(C)CN(C(=O)CN2CCN(CCC(=O)Nc3ccccc3-c3ccccc3)CC2)C1. The molecule has 2 saturated heterocycles. The van der Waals surface area contributed by atoms with Gasteiger partial charge in [-0.05, 0) is 29.9 Å². The summed E-state index contributed by atoms with van der Waals surface area (Å²) in [5.74, 6) is 1.49. The maximum Gasteiger partial charge on any atom is 0.236 e. The first-order valence-electron chi connectivity index (χ1n) is 12.6. The predicted octanol–water partition coefficient (Wildman–Crippen LogP) is 3.80. The molecular formula is C28H38N4O2. The Morgan fingerprint density at radius 3 is 2.18 bits per heavy atom. The van der Waals surface area contributed by atoms with E-state index >= 15 is 0 Å². The third kappa shape index (κ3) is 6.67. The van der Waals surface area contributed by atoms with E-state index in [2.05, 4.69) is 46.0 Å². The van der Waals surface area contributed by atoms with Gasteiger partial charge in [0.1, 0.15) is 0 Å². The molecule has 2 aliphatic heterocycles. The number of rotatable bonds is 7. The number of anilines is 1. The first kappa shape index (κ1) is 24.4. The van der Waals surface area contributed by atoms with Crippen LogP contribution in [0.3, 0.4) is 0 Å². The molecule has 2 aromatic carbocycles. The molecule has 2 aliphatic rings. The van der Waals surface area contributed by atoms with Crippen molar-refractivity contribution in [2.45, 2.75) is 26.7 Å². The Labute approximate surface area is 203 Å². The molecule has 2 unspecified atom stereocenters. The van der Waals surface area contributed by atoms with Gasteiger partial charge >= 0.3 is 0 Å². The van der Waals surface area contributed by atoms with Crippen LogP contribution in [0.25, 0.3) is 11.1 Å². The minimum absolute atomic E-state index is 0.0364. The molecule has 2 amide bonds. The van der Waals surface area contributed by atoms with Crippen LogP contribution in [0, 0.1) is 11.8 Å². The van der Waals surface area contributed by atoms with Crippen LogP contribution < -0.4 is 5.32 Å². The van der Waals surface area contributed by atoms with Crippen LogP contribution >= 0.6 is 0 Å². The summed E-state index contributed by atoms with van der Waals surface area (Å²) in [6, 6.07) is 18.1. The van der Waals surface area contributed by atoms with Gasteiger partial charge in [0.05, 0.1) is 6.54 Å². The van der Waals surface area contributed by atoms with Gasteiger partial charge in [0.2, 0.25) is 11.8 Å². The normalized spacial score (nSPS) is 21.9. The van der Waals surface area contributed by atoms with Crippen molar-refractivity contribution in [2.24, 2.45) is 11.8 Å². The fourth-order valence-electron chi connectivity index (χ4n) is 5.26. The summed E-state index contributed by atoms with van der Waals surface area (Å²) in [6.45, 7) is 11.1. The van der Waals surface area contributed by atoms with Gasteiger partial charge in [0.15, 0.2) is 0 Å². The summed E-state index contributed by atoms with van der Waals surface area (Å²) in [4.78, 5) is 32.1. The van der Waals surface area contributed by atoms with Gasteiger partial charge in [0.25, 0.3) is 0 Å². The number of hydrogen-bond donors (Lipinski definition) is 1. The number of hydrogen-bond acceptors (Lipinski definition) is 4. The molecule has 182 valence electrons. The van der Waals surface area contributed by atoms with Crippen LogP contribution in [-0.2, 0) is 9.59 Å². The summed E-state index contributed by atoms with van der Waals surface area (Å²) in [5, 5.41) is 3.10. The Morgan fingerprint density at radius 2 is 1.47 bits per heavy atom. The molecule has 2 atom stereocenters. The quantitative estimate of drug-likeness (QED) is 0.680. The van der Waals surface area contributed by atoms with E-state index in [1.165, 1.54) is 6.42 Å². The Kier molecular flexibility index (Phi) is 8.35. The van der Waals surface area contributed by atoms with E-state index in [1.54, 1.807) is 0 Å². The molecule has 34 heavy (non-hydrogen) atoms. The number of para-hydroxylation sites is 1. The Bertz CT molecular complexity index is 946. The summed E-state index contributed by atoms with van der Waals surface area (Å²) < 4.78 is 0. The fourth-order valence-corrected chi connectivity index (χ4v) is 5.26. The number of benzene rings is 2. The van der Waals surface area contributed by atoms with Crippen LogP contribution in [0.15, 0.2) is 54.6 Å². The highest BCUT2D eigenvalue weighted by Crippen LogP contribution is 2.27. The zero-order valence-electron chi connectivity index (χ0n) is 20.6. The summed E-state index contributed by atoms with van der Waals surface area (Å²) in [7, 11) is 0. The zero-order valence-corrected chi connectivity index (χ0v) is 20.6. The molecule has 6 heteroatoms. The van der Waals surface area contributed by atoms with Crippen LogP contribution in [0.5, 0.6) is 0 Å². The van der Waals surface area contributed by atoms with Crippen LogP contribution in [0.2, 0.25) is 0 Å². The Hall–Kier alpha value is -2.70. The molecule has 4 rings (SSSR count). The lowest BCUT2D eigenvalue weighted by molar-refractivity contribution is -0.135. The van der Waals surface area contributed by atoms with Crippen molar-refractivity contribution in [3.05, 3.63) is 54.6 Å². The molecule has 2 heterocycles. The third-order valence-corrected chi connectivity index (χ3v) is 6.99. The summed E-state index contributed by atoms with van der Waals surface area (Å²) in [5.41, 5.74) is 2.98. The number of nitrogens with one attached hydrogen (secondary N) is 1. The van der Waals surface area contributed by atoms with E-state index in [4.69, 9.17) is 0 Å². The zero-order chi connectivity index (χ0) is 23.9. The number of amides is 2. The lowest BCUT2D eigenvalue weighted by atomic mass is 9.92. The molecule has 6 nitrogen and oxygen atoms in total. The molecule has 0 radical (unpaired) electrons. The van der Waals surface area contributed by atoms with Crippen molar-refractivity contribution in [1.29, 1.82) is 0 Å². The average molecular weight is 463 g/mol. The Morgan fingerprint density at radius 1 is 0.853 bits per heavy atom. The van der Waals surface area contributed by atoms with Crippen molar-refractivity contribution in [1.82, 2.24) is 14.7 Å². The lowest BCUT2D eigenvalue weighted by Crippen LogP contribution is -2.52. The topological polar surface area (TPSA) is 55.9 Å². The predicted molar refractivity (Wildman–Crippen MR) is 138 cm³/mol. The second kappa shape index (κ2) is 11.6. The van der Waals surface area contributed by atoms with Crippen LogP contribution in [0.1, 0.15) is 26.7 Å². The van der Waals surface area contributed by atoms with Crippen LogP contribution in [0.4, 0.5) is 5.69 Å². The van der Waals surface area contributed by atoms with Gasteiger partial charge in [-0.3, -0.25) is 14.5 Å². The number of nitrogens with zero attached hydrogens (tertiary/aromatic N) is 3. The number of piperidine rings is 1. The third-order valence-electron chi connectivity index (χ3n) is 6.99. The van der Waals surface area contributed by atoms with Crippen molar-refractivity contribution in [3.8, 4) is 11.1 Å². The van der Waals surface area contributed by atoms with E-state index in [0.29, 0.717) is 24.8 Å². The first-order chi connectivity index (χ1) is 16.5. The highest BCUT2D eigenvalue weighted by atomic mass is 16.2. The number of carbonyl (C=O) groups is 2. The van der Waals surface area contributed by atoms with E-state index in [-0.39, 0.29) is 11.8 Å². The molecule has 0 aromatic heterocycles. The van der Waals surface area contributed by atoms with Gasteiger partial charge in [-0.25, -0.2) is 0 Å². The molecule has 0 saturated carbocycles. The highest BCUT2D eigenvalue weighted by Gasteiger charge is 2.27. The maximum atomic E-state index is 12.8. The standard InChI is InChI=1S/C28H38N4O2/c1-22-18-23(2)20-32(19-22)28(34)21-31-16-14-30(15-17-31)13-12-27(33)29-26-11-7-6-10-25(26)24-8-4-3-5-9-24/h3-11,22-23H,12-21H2,1-2H3,(H,29,33). The number of likely N-dealkylation sites (tertiary alicyclic amines) is 1. The van der Waals surface area contributed by atoms with E-state index in [0.717, 1.165) is 62.6 Å². The van der Waals surface area contributed by atoms with E-state index in [9.17, 15) is 9.59 Å². The Balaban J connectivity index is 1.20. The molecule has 0 spiro atoms. The van der Waals surface area contributed by atoms with E-state index < -0.39 is 0 Å². The van der Waals surface area contributed by atoms with Crippen molar-refractivity contribution >= 4 is 17.5 Å². The van der Waals surface area contributed by atoms with Gasteiger partial charge in [-0.2, -0.15) is 0 Å². The maximum absolute atomic E-state index is 12.8. The molecular weight excluding hydrogens is 424 g/mol. The molecule has 0 bridgehead atoms. The minimum atomic E-state index is 0.0364.